The summed E-state index contributed by atoms with van der Waals surface area (Å²) in [6, 6.07) is 5.90. The van der Waals surface area contributed by atoms with Gasteiger partial charge in [0, 0.05) is 6.07 Å². The zero-order valence-corrected chi connectivity index (χ0v) is 11.3. The van der Waals surface area contributed by atoms with Crippen molar-refractivity contribution in [3.8, 4) is 5.75 Å². The lowest BCUT2D eigenvalue weighted by Gasteiger charge is -2.10. The Labute approximate surface area is 118 Å². The largest absolute Gasteiger partial charge is 0.508 e. The SMILES string of the molecule is O=S(=O)(Nc1c(F)cc(F)cc1Cl)c1ccc(O)cc1. The molecule has 0 aliphatic carbocycles. The van der Waals surface area contributed by atoms with Gasteiger partial charge in [-0.15, -0.1) is 0 Å². The number of phenolic OH excluding ortho intramolecular Hbond substituents is 1. The van der Waals surface area contributed by atoms with Crippen LogP contribution in [0.2, 0.25) is 5.02 Å². The van der Waals surface area contributed by atoms with Crippen molar-refractivity contribution in [2.75, 3.05) is 4.72 Å². The second-order valence-corrected chi connectivity index (χ2v) is 5.93. The number of benzene rings is 2. The Hall–Kier alpha value is -1.86. The van der Waals surface area contributed by atoms with Crippen LogP contribution in [0, 0.1) is 11.6 Å². The molecule has 0 radical (unpaired) electrons. The molecule has 4 nitrogen and oxygen atoms in total. The molecule has 20 heavy (non-hydrogen) atoms. The van der Waals surface area contributed by atoms with Gasteiger partial charge >= 0.3 is 0 Å². The van der Waals surface area contributed by atoms with Gasteiger partial charge in [0.1, 0.15) is 17.3 Å². The highest BCUT2D eigenvalue weighted by molar-refractivity contribution is 7.92. The number of nitrogens with one attached hydrogen (secondary N) is 1. The normalized spacial score (nSPS) is 11.3. The molecule has 0 amide bonds. The van der Waals surface area contributed by atoms with Gasteiger partial charge in [0.2, 0.25) is 0 Å². The van der Waals surface area contributed by atoms with Crippen LogP contribution in [0.3, 0.4) is 0 Å². The number of sulfonamides is 1. The van der Waals surface area contributed by atoms with Crippen LogP contribution in [-0.4, -0.2) is 13.5 Å². The highest BCUT2D eigenvalue weighted by atomic mass is 35.5. The number of hydrogen-bond acceptors (Lipinski definition) is 3. The third kappa shape index (κ3) is 3.00. The molecule has 0 atom stereocenters. The molecule has 2 aromatic rings. The Morgan fingerprint density at radius 2 is 1.70 bits per heavy atom. The first-order valence-electron chi connectivity index (χ1n) is 5.26. The number of anilines is 1. The zero-order valence-electron chi connectivity index (χ0n) is 9.77. The number of rotatable bonds is 3. The van der Waals surface area contributed by atoms with Crippen molar-refractivity contribution in [3.63, 3.8) is 0 Å². The van der Waals surface area contributed by atoms with E-state index in [1.807, 2.05) is 4.72 Å². The highest BCUT2D eigenvalue weighted by Crippen LogP contribution is 2.28. The van der Waals surface area contributed by atoms with E-state index in [4.69, 9.17) is 16.7 Å². The maximum atomic E-state index is 13.5. The second kappa shape index (κ2) is 5.26. The Bertz CT molecular complexity index is 725. The van der Waals surface area contributed by atoms with E-state index in [9.17, 15) is 17.2 Å². The number of phenols is 1. The molecule has 0 aliphatic rings. The van der Waals surface area contributed by atoms with Gasteiger partial charge in [0.15, 0.2) is 5.82 Å². The lowest BCUT2D eigenvalue weighted by atomic mass is 10.3. The molecule has 2 N–H and O–H groups in total. The van der Waals surface area contributed by atoms with E-state index in [1.54, 1.807) is 0 Å². The lowest BCUT2D eigenvalue weighted by Crippen LogP contribution is -2.14. The Balaban J connectivity index is 2.41. The van der Waals surface area contributed by atoms with Crippen molar-refractivity contribution in [1.82, 2.24) is 0 Å². The molecule has 0 unspecified atom stereocenters. The van der Waals surface area contributed by atoms with Crippen molar-refractivity contribution < 1.29 is 22.3 Å². The Kier molecular flexibility index (Phi) is 3.82. The smallest absolute Gasteiger partial charge is 0.262 e. The van der Waals surface area contributed by atoms with Gasteiger partial charge in [-0.25, -0.2) is 17.2 Å². The monoisotopic (exact) mass is 319 g/mol. The van der Waals surface area contributed by atoms with E-state index in [2.05, 4.69) is 0 Å². The van der Waals surface area contributed by atoms with Crippen LogP contribution in [0.1, 0.15) is 0 Å². The second-order valence-electron chi connectivity index (χ2n) is 3.84. The minimum atomic E-state index is -4.10. The highest BCUT2D eigenvalue weighted by Gasteiger charge is 2.19. The standard InChI is InChI=1S/C12H8ClF2NO3S/c13-10-5-7(14)6-11(15)12(10)16-20(18,19)9-3-1-8(17)2-4-9/h1-6,16-17H. The molecule has 0 saturated carbocycles. The molecular weight excluding hydrogens is 312 g/mol. The van der Waals surface area contributed by atoms with E-state index in [1.165, 1.54) is 0 Å². The zero-order chi connectivity index (χ0) is 14.9. The average Bonchev–Trinajstić information content (AvgIpc) is 2.34. The topological polar surface area (TPSA) is 66.4 Å². The third-order valence-corrected chi connectivity index (χ3v) is 4.05. The van der Waals surface area contributed by atoms with Crippen LogP contribution < -0.4 is 4.72 Å². The molecule has 2 aromatic carbocycles. The minimum absolute atomic E-state index is 0.116. The molecule has 0 aliphatic heterocycles. The van der Waals surface area contributed by atoms with Crippen LogP contribution in [0.5, 0.6) is 5.75 Å². The van der Waals surface area contributed by atoms with Crippen LogP contribution >= 0.6 is 11.6 Å². The summed E-state index contributed by atoms with van der Waals surface area (Å²) >= 11 is 5.61. The first-order valence-corrected chi connectivity index (χ1v) is 7.12. The summed E-state index contributed by atoms with van der Waals surface area (Å²) < 4.78 is 52.3. The maximum Gasteiger partial charge on any atom is 0.262 e. The summed E-state index contributed by atoms with van der Waals surface area (Å²) in [5, 5.41) is 8.69. The minimum Gasteiger partial charge on any atom is -0.508 e. The summed E-state index contributed by atoms with van der Waals surface area (Å²) in [7, 11) is -4.10. The average molecular weight is 320 g/mol. The van der Waals surface area contributed by atoms with Gasteiger partial charge < -0.3 is 5.11 Å². The van der Waals surface area contributed by atoms with Crippen molar-refractivity contribution in [2.24, 2.45) is 0 Å². The molecule has 0 aromatic heterocycles. The van der Waals surface area contributed by atoms with Crippen molar-refractivity contribution in [2.45, 2.75) is 4.90 Å². The van der Waals surface area contributed by atoms with Gasteiger partial charge in [-0.1, -0.05) is 11.6 Å². The summed E-state index contributed by atoms with van der Waals surface area (Å²) in [4.78, 5) is -0.199. The molecule has 0 fully saturated rings. The molecular formula is C12H8ClF2NO3S. The van der Waals surface area contributed by atoms with E-state index in [0.717, 1.165) is 30.3 Å². The fraction of sp³-hybridized carbons (Fsp3) is 0. The predicted molar refractivity (Wildman–Crippen MR) is 70.3 cm³/mol. The molecule has 106 valence electrons. The van der Waals surface area contributed by atoms with Crippen LogP contribution in [0.4, 0.5) is 14.5 Å². The van der Waals surface area contributed by atoms with E-state index >= 15 is 0 Å². The summed E-state index contributed by atoms with van der Waals surface area (Å²) in [5.74, 6) is -2.16. The van der Waals surface area contributed by atoms with Crippen LogP contribution in [0.15, 0.2) is 41.3 Å². The number of hydrogen-bond donors (Lipinski definition) is 2. The predicted octanol–water partition coefficient (Wildman–Crippen LogP) is 3.12. The van der Waals surface area contributed by atoms with Gasteiger partial charge in [-0.2, -0.15) is 0 Å². The van der Waals surface area contributed by atoms with Crippen molar-refractivity contribution in [3.05, 3.63) is 53.1 Å². The summed E-state index contributed by atoms with van der Waals surface area (Å²) in [5.41, 5.74) is -0.541. The molecule has 2 rings (SSSR count). The molecule has 0 heterocycles. The Morgan fingerprint density at radius 3 is 2.25 bits per heavy atom. The molecule has 8 heteroatoms. The molecule has 0 bridgehead atoms. The number of aromatic hydroxyl groups is 1. The fourth-order valence-electron chi connectivity index (χ4n) is 1.46. The van der Waals surface area contributed by atoms with Crippen molar-refractivity contribution in [1.29, 1.82) is 0 Å². The lowest BCUT2D eigenvalue weighted by molar-refractivity contribution is 0.475. The Morgan fingerprint density at radius 1 is 1.10 bits per heavy atom. The summed E-state index contributed by atoms with van der Waals surface area (Å²) in [6.07, 6.45) is 0. The first kappa shape index (κ1) is 14.5. The van der Waals surface area contributed by atoms with Gasteiger partial charge in [0.25, 0.3) is 10.0 Å². The number of halogens is 3. The van der Waals surface area contributed by atoms with Gasteiger partial charge in [-0.05, 0) is 30.3 Å². The maximum absolute atomic E-state index is 13.5. The summed E-state index contributed by atoms with van der Waals surface area (Å²) in [6.45, 7) is 0. The van der Waals surface area contributed by atoms with Crippen LogP contribution in [0.25, 0.3) is 0 Å². The van der Waals surface area contributed by atoms with E-state index in [0.29, 0.717) is 6.07 Å². The molecule has 0 spiro atoms. The van der Waals surface area contributed by atoms with E-state index < -0.39 is 32.4 Å². The third-order valence-electron chi connectivity index (χ3n) is 2.39. The molecule has 0 saturated heterocycles. The van der Waals surface area contributed by atoms with Crippen LogP contribution in [-0.2, 0) is 10.0 Å². The van der Waals surface area contributed by atoms with E-state index in [-0.39, 0.29) is 10.6 Å². The van der Waals surface area contributed by atoms with Gasteiger partial charge in [-0.3, -0.25) is 4.72 Å². The quantitative estimate of drug-likeness (QED) is 0.913. The fourth-order valence-corrected chi connectivity index (χ4v) is 2.84. The first-order chi connectivity index (χ1) is 9.29. The van der Waals surface area contributed by atoms with Crippen molar-refractivity contribution >= 4 is 27.3 Å². The van der Waals surface area contributed by atoms with Gasteiger partial charge in [0.05, 0.1) is 9.92 Å².